The molecular formula is C10H16N2O5. The van der Waals surface area contributed by atoms with Gasteiger partial charge in [0.25, 0.3) is 0 Å². The number of carboxylic acid groups (broad SMARTS) is 1. The fourth-order valence-electron chi connectivity index (χ4n) is 1.13. The molecule has 0 heterocycles. The van der Waals surface area contributed by atoms with Gasteiger partial charge in [-0.25, -0.2) is 5.01 Å². The molecule has 0 aliphatic carbocycles. The number of nitrogens with zero attached hydrogens (tertiary/aromatic N) is 1. The Balaban J connectivity index is 4.21. The number of hydrogen-bond donors (Lipinski definition) is 2. The quantitative estimate of drug-likeness (QED) is 0.550. The van der Waals surface area contributed by atoms with Gasteiger partial charge >= 0.3 is 5.97 Å². The van der Waals surface area contributed by atoms with E-state index in [1.807, 2.05) is 0 Å². The van der Waals surface area contributed by atoms with Crippen LogP contribution in [-0.4, -0.2) is 46.6 Å². The van der Waals surface area contributed by atoms with E-state index in [4.69, 9.17) is 5.11 Å². The van der Waals surface area contributed by atoms with Crippen LogP contribution in [0.2, 0.25) is 0 Å². The normalized spacial score (nSPS) is 10.1. The van der Waals surface area contributed by atoms with Crippen molar-refractivity contribution >= 4 is 23.4 Å². The highest BCUT2D eigenvalue weighted by Gasteiger charge is 2.13. The molecule has 7 nitrogen and oxygen atoms in total. The van der Waals surface area contributed by atoms with Crippen molar-refractivity contribution in [3.8, 4) is 0 Å². The molecule has 0 aromatic heterocycles. The van der Waals surface area contributed by atoms with Crippen LogP contribution >= 0.6 is 0 Å². The second kappa shape index (κ2) is 7.50. The van der Waals surface area contributed by atoms with Crippen LogP contribution in [0.4, 0.5) is 0 Å². The van der Waals surface area contributed by atoms with E-state index in [9.17, 15) is 19.2 Å². The van der Waals surface area contributed by atoms with Crippen molar-refractivity contribution < 1.29 is 24.3 Å². The molecule has 0 atom stereocenters. The summed E-state index contributed by atoms with van der Waals surface area (Å²) < 4.78 is 0. The van der Waals surface area contributed by atoms with Crippen LogP contribution in [0.5, 0.6) is 0 Å². The predicted molar refractivity (Wildman–Crippen MR) is 57.9 cm³/mol. The minimum atomic E-state index is -1.08. The third-order valence-corrected chi connectivity index (χ3v) is 1.68. The lowest BCUT2D eigenvalue weighted by molar-refractivity contribution is -0.140. The third kappa shape index (κ3) is 9.19. The minimum absolute atomic E-state index is 0.0849. The summed E-state index contributed by atoms with van der Waals surface area (Å²) in [5, 5.41) is 9.56. The number of carbonyl (C=O) groups excluding carboxylic acids is 3. The lowest BCUT2D eigenvalue weighted by atomic mass is 10.3. The van der Waals surface area contributed by atoms with Crippen molar-refractivity contribution in [2.24, 2.45) is 0 Å². The number of rotatable bonds is 8. The molecular weight excluding hydrogens is 228 g/mol. The van der Waals surface area contributed by atoms with Crippen molar-refractivity contribution in [2.75, 3.05) is 13.1 Å². The topological polar surface area (TPSA) is 104 Å². The van der Waals surface area contributed by atoms with Gasteiger partial charge in [-0.1, -0.05) is 0 Å². The highest BCUT2D eigenvalue weighted by atomic mass is 16.4. The maximum absolute atomic E-state index is 11.3. The van der Waals surface area contributed by atoms with Crippen LogP contribution in [-0.2, 0) is 19.2 Å². The molecule has 17 heavy (non-hydrogen) atoms. The van der Waals surface area contributed by atoms with Gasteiger partial charge in [-0.2, -0.15) is 0 Å². The standard InChI is InChI=1S/C10H16N2O5/c1-7(13)5-12(6-8(2)14)11-9(15)3-4-10(16)17/h3-6H2,1-2H3,(H,11,15)(H,16,17). The van der Waals surface area contributed by atoms with Crippen molar-refractivity contribution in [2.45, 2.75) is 26.7 Å². The smallest absolute Gasteiger partial charge is 0.303 e. The first kappa shape index (κ1) is 15.2. The maximum atomic E-state index is 11.3. The van der Waals surface area contributed by atoms with E-state index in [1.165, 1.54) is 18.9 Å². The molecule has 0 saturated heterocycles. The molecule has 0 aliphatic rings. The van der Waals surface area contributed by atoms with Gasteiger partial charge < -0.3 is 5.11 Å². The summed E-state index contributed by atoms with van der Waals surface area (Å²) in [6.45, 7) is 2.49. The molecule has 0 unspecified atom stereocenters. The van der Waals surface area contributed by atoms with Crippen molar-refractivity contribution in [1.29, 1.82) is 0 Å². The van der Waals surface area contributed by atoms with E-state index in [0.717, 1.165) is 0 Å². The number of ketones is 2. The summed E-state index contributed by atoms with van der Waals surface area (Å²) >= 11 is 0. The zero-order valence-corrected chi connectivity index (χ0v) is 9.86. The molecule has 0 bridgehead atoms. The number of carbonyl (C=O) groups is 4. The monoisotopic (exact) mass is 244 g/mol. The Hall–Kier alpha value is -1.76. The molecule has 2 N–H and O–H groups in total. The number of Topliss-reactive ketones (excluding diaryl/α,β-unsaturated/α-hetero) is 2. The lowest BCUT2D eigenvalue weighted by Crippen LogP contribution is -2.46. The average molecular weight is 244 g/mol. The molecule has 7 heteroatoms. The number of aliphatic carboxylic acids is 1. The van der Waals surface area contributed by atoms with Crippen LogP contribution in [0.15, 0.2) is 0 Å². The Labute approximate surface area is 98.7 Å². The van der Waals surface area contributed by atoms with E-state index < -0.39 is 11.9 Å². The first-order chi connectivity index (χ1) is 7.81. The van der Waals surface area contributed by atoms with Crippen LogP contribution in [0.3, 0.4) is 0 Å². The molecule has 0 saturated carbocycles. The van der Waals surface area contributed by atoms with Gasteiger partial charge in [0, 0.05) is 6.42 Å². The number of hydrogen-bond acceptors (Lipinski definition) is 5. The summed E-state index contributed by atoms with van der Waals surface area (Å²) in [6.07, 6.45) is -0.485. The SMILES string of the molecule is CC(=O)CN(CC(C)=O)NC(=O)CCC(=O)O. The average Bonchev–Trinajstić information content (AvgIpc) is 2.12. The summed E-state index contributed by atoms with van der Waals surface area (Å²) in [4.78, 5) is 43.3. The van der Waals surface area contributed by atoms with E-state index in [-0.39, 0.29) is 37.5 Å². The molecule has 0 aromatic carbocycles. The van der Waals surface area contributed by atoms with E-state index in [1.54, 1.807) is 0 Å². The first-order valence-electron chi connectivity index (χ1n) is 5.06. The van der Waals surface area contributed by atoms with Crippen LogP contribution in [0.1, 0.15) is 26.7 Å². The van der Waals surface area contributed by atoms with Gasteiger partial charge in [0.2, 0.25) is 5.91 Å². The highest BCUT2D eigenvalue weighted by molar-refractivity contribution is 5.83. The molecule has 0 radical (unpaired) electrons. The van der Waals surface area contributed by atoms with E-state index >= 15 is 0 Å². The summed E-state index contributed by atoms with van der Waals surface area (Å²) in [5.74, 6) is -2.02. The third-order valence-electron chi connectivity index (χ3n) is 1.68. The summed E-state index contributed by atoms with van der Waals surface area (Å²) in [7, 11) is 0. The zero-order valence-electron chi connectivity index (χ0n) is 9.86. The second-order valence-corrected chi connectivity index (χ2v) is 3.69. The molecule has 0 spiro atoms. The zero-order chi connectivity index (χ0) is 13.4. The lowest BCUT2D eigenvalue weighted by Gasteiger charge is -2.20. The van der Waals surface area contributed by atoms with Gasteiger partial charge in [-0.05, 0) is 13.8 Å². The van der Waals surface area contributed by atoms with Gasteiger partial charge in [-0.3, -0.25) is 24.6 Å². The van der Waals surface area contributed by atoms with Crippen molar-refractivity contribution in [3.63, 3.8) is 0 Å². The predicted octanol–water partition coefficient (Wildman–Crippen LogP) is -0.638. The van der Waals surface area contributed by atoms with Gasteiger partial charge in [0.05, 0.1) is 19.5 Å². The largest absolute Gasteiger partial charge is 0.481 e. The van der Waals surface area contributed by atoms with E-state index in [2.05, 4.69) is 5.43 Å². The van der Waals surface area contributed by atoms with Crippen molar-refractivity contribution in [1.82, 2.24) is 10.4 Å². The Bertz CT molecular complexity index is 311. The second-order valence-electron chi connectivity index (χ2n) is 3.69. The summed E-state index contributed by atoms with van der Waals surface area (Å²) in [5.41, 5.74) is 2.32. The molecule has 0 rings (SSSR count). The molecule has 0 aromatic rings. The Kier molecular flexibility index (Phi) is 6.73. The van der Waals surface area contributed by atoms with Crippen molar-refractivity contribution in [3.05, 3.63) is 0 Å². The first-order valence-corrected chi connectivity index (χ1v) is 5.06. The highest BCUT2D eigenvalue weighted by Crippen LogP contribution is 1.92. The molecule has 0 aliphatic heterocycles. The summed E-state index contributed by atoms with van der Waals surface area (Å²) in [6, 6.07) is 0. The number of hydrazine groups is 1. The number of carboxylic acids is 1. The van der Waals surface area contributed by atoms with E-state index in [0.29, 0.717) is 0 Å². The minimum Gasteiger partial charge on any atom is -0.481 e. The van der Waals surface area contributed by atoms with Crippen LogP contribution < -0.4 is 5.43 Å². The van der Waals surface area contributed by atoms with Crippen LogP contribution in [0, 0.1) is 0 Å². The molecule has 96 valence electrons. The fourth-order valence-corrected chi connectivity index (χ4v) is 1.13. The Morgan fingerprint density at radius 2 is 1.47 bits per heavy atom. The Morgan fingerprint density at radius 1 is 1.00 bits per heavy atom. The maximum Gasteiger partial charge on any atom is 0.303 e. The molecule has 0 fully saturated rings. The van der Waals surface area contributed by atoms with Gasteiger partial charge in [0.15, 0.2) is 0 Å². The van der Waals surface area contributed by atoms with Gasteiger partial charge in [-0.15, -0.1) is 0 Å². The Morgan fingerprint density at radius 3 is 1.82 bits per heavy atom. The fraction of sp³-hybridized carbons (Fsp3) is 0.600. The van der Waals surface area contributed by atoms with Crippen LogP contribution in [0.25, 0.3) is 0 Å². The number of nitrogens with one attached hydrogen (secondary N) is 1. The molecule has 1 amide bonds. The van der Waals surface area contributed by atoms with Gasteiger partial charge in [0.1, 0.15) is 11.6 Å². The number of amides is 1.